The van der Waals surface area contributed by atoms with Gasteiger partial charge >= 0.3 is 0 Å². The molecule has 0 saturated carbocycles. The maximum absolute atomic E-state index is 13.9. The fraction of sp³-hybridized carbons (Fsp3) is 0.455. The second-order valence-corrected chi connectivity index (χ2v) is 7.76. The van der Waals surface area contributed by atoms with Crippen LogP contribution in [0.1, 0.15) is 25.1 Å². The van der Waals surface area contributed by atoms with Gasteiger partial charge in [0.05, 0.1) is 11.2 Å². The summed E-state index contributed by atoms with van der Waals surface area (Å²) in [5, 5.41) is 0. The van der Waals surface area contributed by atoms with Crippen molar-refractivity contribution in [2.75, 3.05) is 32.7 Å². The minimum atomic E-state index is -0.651. The number of carbonyl (C=O) groups excluding carboxylic acids is 1. The minimum absolute atomic E-state index is 0.0154. The number of ketones is 1. The molecule has 1 aliphatic rings. The highest BCUT2D eigenvalue weighted by atomic mass is 19.1. The normalized spacial score (nSPS) is 16.3. The van der Waals surface area contributed by atoms with E-state index in [0.717, 1.165) is 32.7 Å². The molecule has 28 heavy (non-hydrogen) atoms. The van der Waals surface area contributed by atoms with E-state index < -0.39 is 5.54 Å². The lowest BCUT2D eigenvalue weighted by Gasteiger charge is -2.43. The quantitative estimate of drug-likeness (QED) is 0.732. The summed E-state index contributed by atoms with van der Waals surface area (Å²) in [5.41, 5.74) is 0.281. The van der Waals surface area contributed by atoms with Gasteiger partial charge in [-0.05, 0) is 37.6 Å². The van der Waals surface area contributed by atoms with E-state index in [-0.39, 0.29) is 23.8 Å². The first-order valence-electron chi connectivity index (χ1n) is 9.71. The van der Waals surface area contributed by atoms with Crippen LogP contribution in [0.4, 0.5) is 8.78 Å². The van der Waals surface area contributed by atoms with Gasteiger partial charge in [-0.15, -0.1) is 0 Å². The number of benzene rings is 1. The number of hydrogen-bond acceptors (Lipinski definition) is 4. The van der Waals surface area contributed by atoms with Gasteiger partial charge in [-0.25, -0.2) is 8.78 Å². The van der Waals surface area contributed by atoms with Crippen molar-refractivity contribution >= 4 is 5.78 Å². The average Bonchev–Trinajstić information content (AvgIpc) is 2.69. The summed E-state index contributed by atoms with van der Waals surface area (Å²) in [6.45, 7) is 7.69. The molecule has 0 amide bonds. The summed E-state index contributed by atoms with van der Waals surface area (Å²) < 4.78 is 27.6. The standard InChI is InChI=1S/C22H27F2N3O/c1-22(2,21(28)16-17-6-3-4-7-18(17)23)27-14-12-26(13-15-27)11-9-20-19(24)8-5-10-25-20/h3-8,10H,9,11-16H2,1-2H3. The highest BCUT2D eigenvalue weighted by Crippen LogP contribution is 2.21. The van der Waals surface area contributed by atoms with E-state index in [9.17, 15) is 13.6 Å². The zero-order valence-corrected chi connectivity index (χ0v) is 16.5. The molecule has 2 heterocycles. The van der Waals surface area contributed by atoms with Crippen LogP contribution in [0.3, 0.4) is 0 Å². The number of pyridine rings is 1. The van der Waals surface area contributed by atoms with Gasteiger partial charge in [0.2, 0.25) is 0 Å². The predicted molar refractivity (Wildman–Crippen MR) is 105 cm³/mol. The topological polar surface area (TPSA) is 36.4 Å². The third-order valence-electron chi connectivity index (χ3n) is 5.65. The van der Waals surface area contributed by atoms with Crippen molar-refractivity contribution in [2.24, 2.45) is 0 Å². The van der Waals surface area contributed by atoms with Crippen LogP contribution in [0.2, 0.25) is 0 Å². The third-order valence-corrected chi connectivity index (χ3v) is 5.65. The Morgan fingerprint density at radius 1 is 1.04 bits per heavy atom. The van der Waals surface area contributed by atoms with Crippen molar-refractivity contribution in [1.82, 2.24) is 14.8 Å². The van der Waals surface area contributed by atoms with Crippen LogP contribution in [0, 0.1) is 11.6 Å². The van der Waals surface area contributed by atoms with Gasteiger partial charge in [0.1, 0.15) is 11.6 Å². The Morgan fingerprint density at radius 3 is 2.39 bits per heavy atom. The van der Waals surface area contributed by atoms with Crippen molar-refractivity contribution < 1.29 is 13.6 Å². The smallest absolute Gasteiger partial charge is 0.156 e. The van der Waals surface area contributed by atoms with E-state index in [0.29, 0.717) is 17.7 Å². The number of Topliss-reactive ketones (excluding diaryl/α,β-unsaturated/α-hetero) is 1. The highest BCUT2D eigenvalue weighted by molar-refractivity contribution is 5.89. The first-order valence-corrected chi connectivity index (χ1v) is 9.71. The number of nitrogens with zero attached hydrogens (tertiary/aromatic N) is 3. The molecular weight excluding hydrogens is 360 g/mol. The molecule has 0 radical (unpaired) electrons. The van der Waals surface area contributed by atoms with Gasteiger partial charge in [-0.2, -0.15) is 0 Å². The molecule has 0 atom stereocenters. The first-order chi connectivity index (χ1) is 13.4. The van der Waals surface area contributed by atoms with Crippen molar-refractivity contribution in [2.45, 2.75) is 32.2 Å². The van der Waals surface area contributed by atoms with E-state index in [4.69, 9.17) is 0 Å². The lowest BCUT2D eigenvalue weighted by molar-refractivity contribution is -0.130. The van der Waals surface area contributed by atoms with Crippen molar-refractivity contribution in [3.8, 4) is 0 Å². The summed E-state index contributed by atoms with van der Waals surface area (Å²) in [4.78, 5) is 21.4. The van der Waals surface area contributed by atoms with Crippen molar-refractivity contribution in [1.29, 1.82) is 0 Å². The first kappa shape index (κ1) is 20.6. The largest absolute Gasteiger partial charge is 0.300 e. The Kier molecular flexibility index (Phi) is 6.52. The van der Waals surface area contributed by atoms with Crippen molar-refractivity contribution in [3.05, 3.63) is 65.5 Å². The summed E-state index contributed by atoms with van der Waals surface area (Å²) in [6, 6.07) is 9.46. The van der Waals surface area contributed by atoms with Crippen LogP contribution in [0.5, 0.6) is 0 Å². The molecule has 0 bridgehead atoms. The monoisotopic (exact) mass is 387 g/mol. The zero-order valence-electron chi connectivity index (χ0n) is 16.5. The van der Waals surface area contributed by atoms with E-state index in [1.807, 2.05) is 13.8 Å². The summed E-state index contributed by atoms with van der Waals surface area (Å²) in [5.74, 6) is -0.583. The number of piperazine rings is 1. The molecule has 0 aliphatic carbocycles. The number of halogens is 2. The van der Waals surface area contributed by atoms with Gasteiger partial charge in [0.15, 0.2) is 5.78 Å². The second kappa shape index (κ2) is 8.88. The van der Waals surface area contributed by atoms with Gasteiger partial charge in [0, 0.05) is 51.8 Å². The molecule has 2 aromatic rings. The maximum atomic E-state index is 13.9. The molecule has 1 aliphatic heterocycles. The Labute approximate surface area is 165 Å². The van der Waals surface area contributed by atoms with Crippen molar-refractivity contribution in [3.63, 3.8) is 0 Å². The zero-order chi connectivity index (χ0) is 20.1. The van der Waals surface area contributed by atoms with Crippen LogP contribution in [0.25, 0.3) is 0 Å². The van der Waals surface area contributed by atoms with Gasteiger partial charge in [-0.1, -0.05) is 18.2 Å². The molecule has 1 saturated heterocycles. The molecule has 0 spiro atoms. The number of aromatic nitrogens is 1. The second-order valence-electron chi connectivity index (χ2n) is 7.76. The Hall–Kier alpha value is -2.18. The minimum Gasteiger partial charge on any atom is -0.300 e. The highest BCUT2D eigenvalue weighted by Gasteiger charge is 2.36. The van der Waals surface area contributed by atoms with Crippen LogP contribution < -0.4 is 0 Å². The lowest BCUT2D eigenvalue weighted by atomic mass is 9.91. The molecule has 1 aromatic heterocycles. The molecule has 150 valence electrons. The average molecular weight is 387 g/mol. The fourth-order valence-electron chi connectivity index (χ4n) is 3.60. The van der Waals surface area contributed by atoms with Crippen LogP contribution >= 0.6 is 0 Å². The van der Waals surface area contributed by atoms with Gasteiger partial charge < -0.3 is 4.90 Å². The van der Waals surface area contributed by atoms with E-state index in [1.165, 1.54) is 12.1 Å². The molecule has 4 nitrogen and oxygen atoms in total. The summed E-state index contributed by atoms with van der Waals surface area (Å²) >= 11 is 0. The SMILES string of the molecule is CC(C)(C(=O)Cc1ccccc1F)N1CCN(CCc2ncccc2F)CC1. The Balaban J connectivity index is 1.52. The summed E-state index contributed by atoms with van der Waals surface area (Å²) in [6.07, 6.45) is 2.28. The van der Waals surface area contributed by atoms with E-state index in [1.54, 1.807) is 30.5 Å². The maximum Gasteiger partial charge on any atom is 0.156 e. The molecule has 1 aromatic carbocycles. The summed E-state index contributed by atoms with van der Waals surface area (Å²) in [7, 11) is 0. The van der Waals surface area contributed by atoms with Gasteiger partial charge in [0.25, 0.3) is 0 Å². The van der Waals surface area contributed by atoms with Crippen LogP contribution in [-0.2, 0) is 17.6 Å². The number of hydrogen-bond donors (Lipinski definition) is 0. The fourth-order valence-corrected chi connectivity index (χ4v) is 3.60. The van der Waals surface area contributed by atoms with Crippen LogP contribution in [0.15, 0.2) is 42.6 Å². The molecule has 3 rings (SSSR count). The molecule has 1 fully saturated rings. The van der Waals surface area contributed by atoms with E-state index in [2.05, 4.69) is 14.8 Å². The lowest BCUT2D eigenvalue weighted by Crippen LogP contribution is -2.58. The van der Waals surface area contributed by atoms with Gasteiger partial charge in [-0.3, -0.25) is 14.7 Å². The molecular formula is C22H27F2N3O. The van der Waals surface area contributed by atoms with Crippen LogP contribution in [-0.4, -0.2) is 58.8 Å². The molecule has 0 unspecified atom stereocenters. The Bertz CT molecular complexity index is 817. The Morgan fingerprint density at radius 2 is 1.71 bits per heavy atom. The molecule has 6 heteroatoms. The number of carbonyl (C=O) groups is 1. The third kappa shape index (κ3) is 4.80. The number of rotatable bonds is 7. The predicted octanol–water partition coefficient (Wildman–Crippen LogP) is 3.11. The molecule has 0 N–H and O–H groups in total. The van der Waals surface area contributed by atoms with E-state index >= 15 is 0 Å².